The van der Waals surface area contributed by atoms with Gasteiger partial charge in [0, 0.05) is 31.7 Å². The molecule has 1 aromatic rings. The Balaban J connectivity index is 0.00000280. The van der Waals surface area contributed by atoms with Gasteiger partial charge in [-0.1, -0.05) is 12.8 Å². The second-order valence-corrected chi connectivity index (χ2v) is 9.78. The number of nitrogens with two attached hydrogens (primary N) is 1. The van der Waals surface area contributed by atoms with Gasteiger partial charge in [0.15, 0.2) is 0 Å². The van der Waals surface area contributed by atoms with Crippen molar-refractivity contribution in [3.63, 3.8) is 0 Å². The number of hydrogen-bond acceptors (Lipinski definition) is 4. The SMILES string of the molecule is CC1(N)CCCCC1C(=O)N1CCCN(S(=O)(=O)c2ccc(F)cc2)CC1.Cl. The number of hydrogen-bond donors (Lipinski definition) is 1. The van der Waals surface area contributed by atoms with E-state index in [4.69, 9.17) is 5.73 Å². The molecule has 3 rings (SSSR count). The predicted molar refractivity (Wildman–Crippen MR) is 108 cm³/mol. The number of benzene rings is 1. The van der Waals surface area contributed by atoms with E-state index in [-0.39, 0.29) is 35.7 Å². The van der Waals surface area contributed by atoms with Crippen LogP contribution in [0.2, 0.25) is 0 Å². The minimum atomic E-state index is -3.69. The maximum atomic E-state index is 13.1. The van der Waals surface area contributed by atoms with Gasteiger partial charge < -0.3 is 10.6 Å². The van der Waals surface area contributed by atoms with Crippen molar-refractivity contribution in [3.8, 4) is 0 Å². The summed E-state index contributed by atoms with van der Waals surface area (Å²) in [5.74, 6) is -0.633. The van der Waals surface area contributed by atoms with Crippen molar-refractivity contribution in [2.24, 2.45) is 11.7 Å². The number of nitrogens with zero attached hydrogens (tertiary/aromatic N) is 2. The fraction of sp³-hybridized carbons (Fsp3) is 0.632. The highest BCUT2D eigenvalue weighted by Gasteiger charge is 2.40. The van der Waals surface area contributed by atoms with Crippen LogP contribution in [0.25, 0.3) is 0 Å². The van der Waals surface area contributed by atoms with Crippen LogP contribution in [0.3, 0.4) is 0 Å². The third-order valence-electron chi connectivity index (χ3n) is 5.77. The molecule has 0 radical (unpaired) electrons. The molecule has 0 spiro atoms. The lowest BCUT2D eigenvalue weighted by Crippen LogP contribution is -2.54. The zero-order chi connectivity index (χ0) is 19.7. The molecule has 1 saturated heterocycles. The van der Waals surface area contributed by atoms with Gasteiger partial charge in [-0.05, 0) is 50.5 Å². The molecule has 1 aliphatic carbocycles. The summed E-state index contributed by atoms with van der Waals surface area (Å²) < 4.78 is 40.1. The Labute approximate surface area is 172 Å². The van der Waals surface area contributed by atoms with Crippen molar-refractivity contribution in [1.82, 2.24) is 9.21 Å². The number of halogens is 2. The Kier molecular flexibility index (Phi) is 7.47. The van der Waals surface area contributed by atoms with Crippen LogP contribution in [0.4, 0.5) is 4.39 Å². The molecule has 9 heteroatoms. The second-order valence-electron chi connectivity index (χ2n) is 7.84. The monoisotopic (exact) mass is 433 g/mol. The van der Waals surface area contributed by atoms with Crippen molar-refractivity contribution >= 4 is 28.3 Å². The first-order valence-electron chi connectivity index (χ1n) is 9.55. The minimum absolute atomic E-state index is 0. The summed E-state index contributed by atoms with van der Waals surface area (Å²) in [6.07, 6.45) is 4.24. The summed E-state index contributed by atoms with van der Waals surface area (Å²) in [5, 5.41) is 0. The predicted octanol–water partition coefficient (Wildman–Crippen LogP) is 2.38. The summed E-state index contributed by atoms with van der Waals surface area (Å²) in [5.41, 5.74) is 5.87. The lowest BCUT2D eigenvalue weighted by molar-refractivity contribution is -0.138. The fourth-order valence-corrected chi connectivity index (χ4v) is 5.56. The van der Waals surface area contributed by atoms with Crippen molar-refractivity contribution in [1.29, 1.82) is 0 Å². The fourth-order valence-electron chi connectivity index (χ4n) is 4.09. The van der Waals surface area contributed by atoms with Crippen molar-refractivity contribution < 1.29 is 17.6 Å². The lowest BCUT2D eigenvalue weighted by atomic mass is 9.74. The lowest BCUT2D eigenvalue weighted by Gasteiger charge is -2.39. The molecule has 1 saturated carbocycles. The van der Waals surface area contributed by atoms with Crippen LogP contribution in [-0.4, -0.2) is 55.2 Å². The molecule has 2 fully saturated rings. The summed E-state index contributed by atoms with van der Waals surface area (Å²) in [4.78, 5) is 14.9. The normalized spacial score (nSPS) is 27.0. The number of amides is 1. The minimum Gasteiger partial charge on any atom is -0.341 e. The van der Waals surface area contributed by atoms with E-state index in [0.717, 1.165) is 37.8 Å². The van der Waals surface area contributed by atoms with Crippen LogP contribution < -0.4 is 5.73 Å². The first kappa shape index (κ1) is 23.1. The van der Waals surface area contributed by atoms with Gasteiger partial charge >= 0.3 is 0 Å². The third kappa shape index (κ3) is 4.84. The molecule has 2 aliphatic rings. The quantitative estimate of drug-likeness (QED) is 0.793. The summed E-state index contributed by atoms with van der Waals surface area (Å²) in [6, 6.07) is 4.85. The van der Waals surface area contributed by atoms with Gasteiger partial charge in [0.2, 0.25) is 15.9 Å². The zero-order valence-corrected chi connectivity index (χ0v) is 17.8. The number of carbonyl (C=O) groups is 1. The molecule has 28 heavy (non-hydrogen) atoms. The average Bonchev–Trinajstić information content (AvgIpc) is 2.88. The van der Waals surface area contributed by atoms with Crippen molar-refractivity contribution in [2.45, 2.75) is 49.5 Å². The van der Waals surface area contributed by atoms with E-state index in [2.05, 4.69) is 0 Å². The van der Waals surface area contributed by atoms with Gasteiger partial charge in [-0.15, -0.1) is 12.4 Å². The molecule has 0 bridgehead atoms. The topological polar surface area (TPSA) is 83.7 Å². The number of rotatable bonds is 3. The Hall–Kier alpha value is -1.22. The molecule has 6 nitrogen and oxygen atoms in total. The van der Waals surface area contributed by atoms with Gasteiger partial charge in [0.25, 0.3) is 0 Å². The highest BCUT2D eigenvalue weighted by atomic mass is 35.5. The van der Waals surface area contributed by atoms with Crippen molar-refractivity contribution in [2.75, 3.05) is 26.2 Å². The zero-order valence-electron chi connectivity index (χ0n) is 16.1. The molecule has 0 aromatic heterocycles. The van der Waals surface area contributed by atoms with Gasteiger partial charge in [-0.25, -0.2) is 12.8 Å². The van der Waals surface area contributed by atoms with E-state index in [1.54, 1.807) is 4.90 Å². The molecule has 2 N–H and O–H groups in total. The van der Waals surface area contributed by atoms with Crippen LogP contribution >= 0.6 is 12.4 Å². The highest BCUT2D eigenvalue weighted by molar-refractivity contribution is 7.89. The molecule has 1 amide bonds. The number of sulfonamides is 1. The Morgan fingerprint density at radius 3 is 2.43 bits per heavy atom. The maximum Gasteiger partial charge on any atom is 0.243 e. The molecule has 2 atom stereocenters. The van der Waals surface area contributed by atoms with E-state index >= 15 is 0 Å². The largest absolute Gasteiger partial charge is 0.341 e. The maximum absolute atomic E-state index is 13.1. The van der Waals surface area contributed by atoms with Crippen LogP contribution in [0.5, 0.6) is 0 Å². The summed E-state index contributed by atoms with van der Waals surface area (Å²) >= 11 is 0. The van der Waals surface area contributed by atoms with Gasteiger partial charge in [-0.3, -0.25) is 4.79 Å². The van der Waals surface area contributed by atoms with E-state index in [9.17, 15) is 17.6 Å². The van der Waals surface area contributed by atoms with Gasteiger partial charge in [0.1, 0.15) is 5.82 Å². The second kappa shape index (κ2) is 9.07. The van der Waals surface area contributed by atoms with Crippen LogP contribution in [0, 0.1) is 11.7 Å². The smallest absolute Gasteiger partial charge is 0.243 e. The molecule has 158 valence electrons. The van der Waals surface area contributed by atoms with E-state index in [1.165, 1.54) is 16.4 Å². The molecular formula is C19H29ClFN3O3S. The Bertz CT molecular complexity index is 786. The summed E-state index contributed by atoms with van der Waals surface area (Å²) in [7, 11) is -3.69. The van der Waals surface area contributed by atoms with Gasteiger partial charge in [-0.2, -0.15) is 4.31 Å². The highest BCUT2D eigenvalue weighted by Crippen LogP contribution is 2.33. The van der Waals surface area contributed by atoms with Crippen LogP contribution in [0.1, 0.15) is 39.0 Å². The third-order valence-corrected chi connectivity index (χ3v) is 7.68. The standard InChI is InChI=1S/C19H28FN3O3S.ClH/c1-19(21)10-3-2-5-17(19)18(24)22-11-4-12-23(14-13-22)27(25,26)16-8-6-15(20)7-9-16;/h6-9,17H,2-5,10-14,21H2,1H3;1H. The van der Waals surface area contributed by atoms with Crippen LogP contribution in [-0.2, 0) is 14.8 Å². The first-order valence-corrected chi connectivity index (χ1v) is 11.0. The van der Waals surface area contributed by atoms with E-state index < -0.39 is 21.4 Å². The van der Waals surface area contributed by atoms with E-state index in [1.807, 2.05) is 6.92 Å². The molecule has 1 aromatic carbocycles. The molecule has 1 aliphatic heterocycles. The van der Waals surface area contributed by atoms with Crippen LogP contribution in [0.15, 0.2) is 29.2 Å². The molecular weight excluding hydrogens is 405 g/mol. The first-order chi connectivity index (χ1) is 12.7. The molecule has 2 unspecified atom stereocenters. The Morgan fingerprint density at radius 2 is 1.79 bits per heavy atom. The van der Waals surface area contributed by atoms with E-state index in [0.29, 0.717) is 26.1 Å². The summed E-state index contributed by atoms with van der Waals surface area (Å²) in [6.45, 7) is 3.40. The average molecular weight is 434 g/mol. The van der Waals surface area contributed by atoms with Gasteiger partial charge in [0.05, 0.1) is 10.8 Å². The van der Waals surface area contributed by atoms with Crippen molar-refractivity contribution in [3.05, 3.63) is 30.1 Å². The number of carbonyl (C=O) groups excluding carboxylic acids is 1. The Morgan fingerprint density at radius 1 is 1.11 bits per heavy atom. The molecule has 1 heterocycles.